The molecule has 1 rings (SSSR count). The normalized spacial score (nSPS) is 13.1. The average Bonchev–Trinajstić information content (AvgIpc) is 2.48. The van der Waals surface area contributed by atoms with Crippen molar-refractivity contribution < 1.29 is 5.11 Å². The third-order valence-corrected chi connectivity index (χ3v) is 4.12. The van der Waals surface area contributed by atoms with E-state index >= 15 is 0 Å². The Kier molecular flexibility index (Phi) is 4.93. The first-order chi connectivity index (χ1) is 6.66. The van der Waals surface area contributed by atoms with Crippen LogP contribution in [-0.4, -0.2) is 5.11 Å². The summed E-state index contributed by atoms with van der Waals surface area (Å²) < 4.78 is 0. The predicted molar refractivity (Wildman–Crippen MR) is 63.2 cm³/mol. The maximum atomic E-state index is 9.87. The van der Waals surface area contributed by atoms with Gasteiger partial charge in [-0.05, 0) is 24.3 Å². The number of aliphatic hydroxyl groups is 1. The van der Waals surface area contributed by atoms with Gasteiger partial charge < -0.3 is 5.11 Å². The Morgan fingerprint density at radius 3 is 2.71 bits per heavy atom. The molecule has 0 saturated carbocycles. The first kappa shape index (κ1) is 12.0. The predicted octanol–water partition coefficient (Wildman–Crippen LogP) is 4.32. The molecule has 1 N–H and O–H groups in total. The van der Waals surface area contributed by atoms with Crippen LogP contribution >= 0.6 is 22.9 Å². The lowest BCUT2D eigenvalue weighted by atomic mass is 10.1. The second-order valence-electron chi connectivity index (χ2n) is 3.61. The summed E-state index contributed by atoms with van der Waals surface area (Å²) in [5, 5.41) is 12.6. The number of aliphatic hydroxyl groups excluding tert-OH is 1. The van der Waals surface area contributed by atoms with Gasteiger partial charge in [0, 0.05) is 0 Å². The van der Waals surface area contributed by atoms with Crippen LogP contribution in [0.1, 0.15) is 49.2 Å². The van der Waals surface area contributed by atoms with Crippen molar-refractivity contribution >= 4 is 22.9 Å². The summed E-state index contributed by atoms with van der Waals surface area (Å²) in [5.74, 6) is 0. The molecular formula is C11H17ClOS. The molecule has 0 radical (unpaired) electrons. The Balaban J connectivity index is 2.52. The van der Waals surface area contributed by atoms with Crippen molar-refractivity contribution in [2.75, 3.05) is 0 Å². The molecule has 0 spiro atoms. The summed E-state index contributed by atoms with van der Waals surface area (Å²) in [4.78, 5) is 0.931. The van der Waals surface area contributed by atoms with E-state index in [9.17, 15) is 5.11 Å². The number of thiophene rings is 1. The highest BCUT2D eigenvalue weighted by Gasteiger charge is 2.14. The van der Waals surface area contributed by atoms with Gasteiger partial charge in [-0.15, -0.1) is 11.3 Å². The van der Waals surface area contributed by atoms with Gasteiger partial charge in [0.05, 0.1) is 16.0 Å². The van der Waals surface area contributed by atoms with E-state index in [4.69, 9.17) is 11.6 Å². The molecule has 80 valence electrons. The summed E-state index contributed by atoms with van der Waals surface area (Å²) in [5.41, 5.74) is 1.07. The van der Waals surface area contributed by atoms with Crippen molar-refractivity contribution in [1.29, 1.82) is 0 Å². The van der Waals surface area contributed by atoms with Crippen molar-refractivity contribution in [2.24, 2.45) is 0 Å². The molecule has 14 heavy (non-hydrogen) atoms. The lowest BCUT2D eigenvalue weighted by Gasteiger charge is -2.08. The van der Waals surface area contributed by atoms with Crippen LogP contribution in [0, 0.1) is 6.92 Å². The molecule has 1 aromatic rings. The average molecular weight is 233 g/mol. The summed E-state index contributed by atoms with van der Waals surface area (Å²) in [6.45, 7) is 4.13. The number of aryl methyl sites for hydroxylation is 1. The molecule has 0 bridgehead atoms. The van der Waals surface area contributed by atoms with Crippen molar-refractivity contribution in [2.45, 2.75) is 45.6 Å². The smallest absolute Gasteiger partial charge is 0.0897 e. The second-order valence-corrected chi connectivity index (χ2v) is 4.90. The summed E-state index contributed by atoms with van der Waals surface area (Å²) in [6, 6.07) is 0. The number of halogens is 1. The van der Waals surface area contributed by atoms with Gasteiger partial charge in [0.1, 0.15) is 0 Å². The zero-order valence-electron chi connectivity index (χ0n) is 8.72. The van der Waals surface area contributed by atoms with Crippen molar-refractivity contribution in [1.82, 2.24) is 0 Å². The van der Waals surface area contributed by atoms with E-state index in [1.807, 2.05) is 12.3 Å². The summed E-state index contributed by atoms with van der Waals surface area (Å²) in [6.07, 6.45) is 3.90. The summed E-state index contributed by atoms with van der Waals surface area (Å²) >= 11 is 7.63. The molecule has 0 fully saturated rings. The Bertz CT molecular complexity index is 283. The van der Waals surface area contributed by atoms with E-state index in [0.29, 0.717) is 0 Å². The monoisotopic (exact) mass is 232 g/mol. The fourth-order valence-corrected chi connectivity index (χ4v) is 2.73. The topological polar surface area (TPSA) is 20.2 Å². The highest BCUT2D eigenvalue weighted by Crippen LogP contribution is 2.34. The molecule has 0 aliphatic rings. The quantitative estimate of drug-likeness (QED) is 0.750. The molecule has 0 aliphatic heterocycles. The minimum atomic E-state index is -0.368. The van der Waals surface area contributed by atoms with Gasteiger partial charge in [0.2, 0.25) is 0 Å². The molecule has 1 heterocycles. The maximum Gasteiger partial charge on any atom is 0.0897 e. The maximum absolute atomic E-state index is 9.87. The van der Waals surface area contributed by atoms with Gasteiger partial charge in [0.15, 0.2) is 0 Å². The first-order valence-corrected chi connectivity index (χ1v) is 6.34. The van der Waals surface area contributed by atoms with Crippen molar-refractivity contribution in [3.63, 3.8) is 0 Å². The number of unbranched alkanes of at least 4 members (excludes halogenated alkanes) is 2. The molecule has 0 amide bonds. The summed E-state index contributed by atoms with van der Waals surface area (Å²) in [7, 11) is 0. The molecule has 3 heteroatoms. The van der Waals surface area contributed by atoms with Gasteiger partial charge in [-0.25, -0.2) is 0 Å². The molecule has 1 nitrogen and oxygen atoms in total. The van der Waals surface area contributed by atoms with Crippen LogP contribution in [0.15, 0.2) is 5.38 Å². The van der Waals surface area contributed by atoms with Crippen molar-refractivity contribution in [3.8, 4) is 0 Å². The lowest BCUT2D eigenvalue weighted by molar-refractivity contribution is 0.167. The number of hydrogen-bond acceptors (Lipinski definition) is 2. The molecule has 0 aliphatic carbocycles. The van der Waals surface area contributed by atoms with Gasteiger partial charge in [0.25, 0.3) is 0 Å². The SMILES string of the molecule is CCCCCC(O)c1scc(C)c1Cl. The number of rotatable bonds is 5. The van der Waals surface area contributed by atoms with Crippen molar-refractivity contribution in [3.05, 3.63) is 20.8 Å². The largest absolute Gasteiger partial charge is 0.388 e. The molecule has 1 atom stereocenters. The molecule has 1 aromatic heterocycles. The molecule has 1 unspecified atom stereocenters. The fraction of sp³-hybridized carbons (Fsp3) is 0.636. The Labute approximate surface area is 94.7 Å². The third kappa shape index (κ3) is 2.97. The van der Waals surface area contributed by atoms with Crippen LogP contribution in [0.5, 0.6) is 0 Å². The molecule has 0 saturated heterocycles. The van der Waals surface area contributed by atoms with Gasteiger partial charge in [-0.1, -0.05) is 37.8 Å². The third-order valence-electron chi connectivity index (χ3n) is 2.31. The van der Waals surface area contributed by atoms with Crippen LogP contribution in [0.2, 0.25) is 5.02 Å². The van der Waals surface area contributed by atoms with E-state index < -0.39 is 0 Å². The second kappa shape index (κ2) is 5.74. The van der Waals surface area contributed by atoms with E-state index in [1.165, 1.54) is 12.8 Å². The molecule has 0 aromatic carbocycles. The zero-order valence-corrected chi connectivity index (χ0v) is 10.3. The van der Waals surface area contributed by atoms with Crippen LogP contribution in [-0.2, 0) is 0 Å². The van der Waals surface area contributed by atoms with Crippen LogP contribution in [0.3, 0.4) is 0 Å². The van der Waals surface area contributed by atoms with E-state index in [1.54, 1.807) is 11.3 Å². The van der Waals surface area contributed by atoms with Crippen LogP contribution < -0.4 is 0 Å². The van der Waals surface area contributed by atoms with E-state index in [2.05, 4.69) is 6.92 Å². The van der Waals surface area contributed by atoms with Gasteiger partial charge in [-0.2, -0.15) is 0 Å². The van der Waals surface area contributed by atoms with E-state index in [-0.39, 0.29) is 6.10 Å². The standard InChI is InChI=1S/C11H17ClOS/c1-3-4-5-6-9(13)11-10(12)8(2)7-14-11/h7,9,13H,3-6H2,1-2H3. The lowest BCUT2D eigenvalue weighted by Crippen LogP contribution is -1.95. The van der Waals surface area contributed by atoms with Crippen LogP contribution in [0.4, 0.5) is 0 Å². The Morgan fingerprint density at radius 2 is 2.21 bits per heavy atom. The zero-order chi connectivity index (χ0) is 10.6. The first-order valence-electron chi connectivity index (χ1n) is 5.08. The molecular weight excluding hydrogens is 216 g/mol. The Hall–Kier alpha value is -0.0500. The van der Waals surface area contributed by atoms with Gasteiger partial charge >= 0.3 is 0 Å². The highest BCUT2D eigenvalue weighted by atomic mass is 35.5. The minimum Gasteiger partial charge on any atom is -0.388 e. The van der Waals surface area contributed by atoms with Crippen LogP contribution in [0.25, 0.3) is 0 Å². The fourth-order valence-electron chi connectivity index (χ4n) is 1.39. The van der Waals surface area contributed by atoms with E-state index in [0.717, 1.165) is 28.3 Å². The highest BCUT2D eigenvalue weighted by molar-refractivity contribution is 7.10. The minimum absolute atomic E-state index is 0.368. The Morgan fingerprint density at radius 1 is 1.50 bits per heavy atom. The number of hydrogen-bond donors (Lipinski definition) is 1. The van der Waals surface area contributed by atoms with Gasteiger partial charge in [-0.3, -0.25) is 0 Å².